The first-order valence-corrected chi connectivity index (χ1v) is 35.5. The molecule has 3 atom stereocenters. The van der Waals surface area contributed by atoms with Gasteiger partial charge in [-0.05, 0) is 239 Å². The SMILES string of the molecule is CCCCC1=C(/C=C/C2=C(Cl)C(=C/C=c3\c4cccc5c(C)ccc(c54)n3CCCC)/CC(C)C2)c2cccc3c(C)ccc1c23.CCCCC1=C(/C=C/C2=C(Cl)C(=C/C=c3\c4cccc5c(C)ccc(c54)n3CCCC)/CCC2)C2C=CC=C3C(C)=CC=C1C32. The molecule has 0 saturated carbocycles. The molecule has 0 spiro atoms. The van der Waals surface area contributed by atoms with Crippen LogP contribution in [0.4, 0.5) is 0 Å². The average molecular weight is 1240 g/mol. The lowest BCUT2D eigenvalue weighted by molar-refractivity contribution is 0.563. The molecule has 464 valence electrons. The number of aromatic nitrogens is 2. The Morgan fingerprint density at radius 1 is 0.495 bits per heavy atom. The Bertz CT molecular complexity index is 4740. The molecule has 0 bridgehead atoms. The lowest BCUT2D eigenvalue weighted by Gasteiger charge is -2.29. The molecule has 3 unspecified atom stereocenters. The smallest absolute Gasteiger partial charge is 0.0497 e. The molecule has 2 nitrogen and oxygen atoms in total. The summed E-state index contributed by atoms with van der Waals surface area (Å²) in [4.78, 5) is 0. The Balaban J connectivity index is 0.000000167. The summed E-state index contributed by atoms with van der Waals surface area (Å²) in [6.07, 6.45) is 47.6. The summed E-state index contributed by atoms with van der Waals surface area (Å²) in [5.74, 6) is 1.44. The van der Waals surface area contributed by atoms with Crippen molar-refractivity contribution in [1.82, 2.24) is 9.13 Å². The van der Waals surface area contributed by atoms with Crippen LogP contribution in [0.2, 0.25) is 0 Å². The van der Waals surface area contributed by atoms with Gasteiger partial charge in [-0.1, -0.05) is 229 Å². The van der Waals surface area contributed by atoms with Crippen molar-refractivity contribution in [2.45, 2.75) is 172 Å². The quantitative estimate of drug-likeness (QED) is 0.0810. The van der Waals surface area contributed by atoms with E-state index >= 15 is 0 Å². The van der Waals surface area contributed by atoms with E-state index in [0.717, 1.165) is 74.5 Å². The molecule has 91 heavy (non-hydrogen) atoms. The molecular weight excluding hydrogens is 1140 g/mol. The van der Waals surface area contributed by atoms with Crippen LogP contribution in [0.25, 0.3) is 77.4 Å². The molecule has 14 rings (SSSR count). The second kappa shape index (κ2) is 27.1. The average Bonchev–Trinajstić information content (AvgIpc) is 1.98. The van der Waals surface area contributed by atoms with Crippen LogP contribution in [-0.4, -0.2) is 9.13 Å². The van der Waals surface area contributed by atoms with E-state index in [9.17, 15) is 0 Å². The maximum absolute atomic E-state index is 7.31. The van der Waals surface area contributed by atoms with Gasteiger partial charge in [-0.15, -0.1) is 0 Å². The molecule has 6 aliphatic rings. The highest BCUT2D eigenvalue weighted by Gasteiger charge is 2.40. The van der Waals surface area contributed by atoms with Gasteiger partial charge in [0.1, 0.15) is 0 Å². The number of allylic oxidation sites excluding steroid dienone is 24. The van der Waals surface area contributed by atoms with Gasteiger partial charge in [0.2, 0.25) is 0 Å². The highest BCUT2D eigenvalue weighted by Crippen LogP contribution is 2.53. The van der Waals surface area contributed by atoms with Crippen molar-refractivity contribution in [2.24, 2.45) is 17.8 Å². The van der Waals surface area contributed by atoms with E-state index in [1.165, 1.54) is 188 Å². The number of unbranched alkanes of at least 4 members (excludes halogenated alkanes) is 4. The topological polar surface area (TPSA) is 9.86 Å². The zero-order valence-corrected chi connectivity index (χ0v) is 57.1. The maximum Gasteiger partial charge on any atom is 0.0497 e. The van der Waals surface area contributed by atoms with Crippen molar-refractivity contribution < 1.29 is 0 Å². The van der Waals surface area contributed by atoms with Crippen LogP contribution in [0.1, 0.15) is 166 Å². The molecule has 2 heterocycles. The van der Waals surface area contributed by atoms with E-state index in [-0.39, 0.29) is 0 Å². The fraction of sp³-hybridized carbons (Fsp3) is 0.333. The van der Waals surface area contributed by atoms with Crippen molar-refractivity contribution in [3.63, 3.8) is 0 Å². The standard InChI is InChI=1S/C44H46ClN.C43H46ClN/c1-6-8-12-35-36(37-15-10-13-33-29(4)17-21-38(35)42(33)37)22-19-31-26-28(3)27-32(44(31)45)20-24-40-39-16-11-14-34-30(5)18-23-41(43(34)39)46(40)25-9-7-2;1-5-7-14-34-35(36-17-10-15-32-28(3)19-23-37(34)41(32)36)24-21-30-12-9-13-31(43(30)44)22-26-39-38-18-11-16-33-29(4)20-25-40(42(33)38)45(39)27-8-6-2/h10-11,13-24,28H,6-9,12,25-27H2,1-5H3;10-11,15-26,36,41H,5-9,12-14,27H2,1-4H3/b22-19+,32-20+,40-24+;24-21+,31-22+,39-26+. The van der Waals surface area contributed by atoms with Crippen LogP contribution < -0.4 is 10.7 Å². The Hall–Kier alpha value is -7.36. The first kappa shape index (κ1) is 62.4. The number of aryl methyl sites for hydroxylation is 5. The molecule has 6 aliphatic carbocycles. The van der Waals surface area contributed by atoms with Gasteiger partial charge < -0.3 is 9.13 Å². The van der Waals surface area contributed by atoms with Crippen LogP contribution in [0, 0.1) is 38.5 Å². The van der Waals surface area contributed by atoms with Crippen LogP contribution in [0.15, 0.2) is 218 Å². The Morgan fingerprint density at radius 3 is 1.69 bits per heavy atom. The lowest BCUT2D eigenvalue weighted by Crippen LogP contribution is -2.18. The zero-order chi connectivity index (χ0) is 63.0. The molecule has 4 heteroatoms. The van der Waals surface area contributed by atoms with Gasteiger partial charge in [0.05, 0.1) is 0 Å². The summed E-state index contributed by atoms with van der Waals surface area (Å²) in [6, 6.07) is 34.2. The highest BCUT2D eigenvalue weighted by atomic mass is 35.5. The van der Waals surface area contributed by atoms with Crippen LogP contribution in [0.3, 0.4) is 0 Å². The highest BCUT2D eigenvalue weighted by molar-refractivity contribution is 6.33. The van der Waals surface area contributed by atoms with Crippen molar-refractivity contribution in [1.29, 1.82) is 0 Å². The third kappa shape index (κ3) is 11.7. The van der Waals surface area contributed by atoms with Gasteiger partial charge in [-0.25, -0.2) is 0 Å². The lowest BCUT2D eigenvalue weighted by atomic mass is 9.74. The molecule has 0 N–H and O–H groups in total. The second-order valence-electron chi connectivity index (χ2n) is 27.1. The van der Waals surface area contributed by atoms with E-state index < -0.39 is 0 Å². The maximum atomic E-state index is 7.31. The van der Waals surface area contributed by atoms with Crippen molar-refractivity contribution in [3.8, 4) is 0 Å². The summed E-state index contributed by atoms with van der Waals surface area (Å²) < 4.78 is 5.07. The number of hydrogen-bond acceptors (Lipinski definition) is 0. The Kier molecular flexibility index (Phi) is 18.6. The molecule has 6 aromatic carbocycles. The number of nitrogens with zero attached hydrogens (tertiary/aromatic N) is 2. The Labute approximate surface area is 552 Å². The minimum absolute atomic E-state index is 0.426. The predicted octanol–water partition coefficient (Wildman–Crippen LogP) is 24.1. The summed E-state index contributed by atoms with van der Waals surface area (Å²) in [5, 5.41) is 15.5. The molecule has 0 saturated heterocycles. The molecule has 0 amide bonds. The van der Waals surface area contributed by atoms with Gasteiger partial charge in [0, 0.05) is 78.3 Å². The number of halogens is 2. The van der Waals surface area contributed by atoms with Gasteiger partial charge in [0.25, 0.3) is 0 Å². The predicted molar refractivity (Wildman–Crippen MR) is 398 cm³/mol. The van der Waals surface area contributed by atoms with Crippen LogP contribution in [0.5, 0.6) is 0 Å². The monoisotopic (exact) mass is 1230 g/mol. The summed E-state index contributed by atoms with van der Waals surface area (Å²) in [5.41, 5.74) is 24.9. The van der Waals surface area contributed by atoms with E-state index in [4.69, 9.17) is 23.2 Å². The van der Waals surface area contributed by atoms with Gasteiger partial charge in [-0.3, -0.25) is 0 Å². The third-order valence-electron chi connectivity index (χ3n) is 21.0. The van der Waals surface area contributed by atoms with Gasteiger partial charge in [-0.2, -0.15) is 0 Å². The molecule has 8 aromatic rings. The van der Waals surface area contributed by atoms with Gasteiger partial charge >= 0.3 is 0 Å². The van der Waals surface area contributed by atoms with E-state index in [0.29, 0.717) is 17.8 Å². The molecule has 0 radical (unpaired) electrons. The van der Waals surface area contributed by atoms with Crippen molar-refractivity contribution in [3.05, 3.63) is 257 Å². The number of benzene rings is 6. The number of hydrogen-bond donors (Lipinski definition) is 0. The largest absolute Gasteiger partial charge is 0.340 e. The number of rotatable bonds is 18. The summed E-state index contributed by atoms with van der Waals surface area (Å²) in [7, 11) is 0. The van der Waals surface area contributed by atoms with E-state index in [2.05, 4.69) is 241 Å². The molecule has 2 aromatic heterocycles. The minimum Gasteiger partial charge on any atom is -0.340 e. The zero-order valence-electron chi connectivity index (χ0n) is 55.6. The van der Waals surface area contributed by atoms with Crippen LogP contribution >= 0.6 is 23.2 Å². The fourth-order valence-corrected chi connectivity index (χ4v) is 16.8. The fourth-order valence-electron chi connectivity index (χ4n) is 16.2. The summed E-state index contributed by atoms with van der Waals surface area (Å²) in [6.45, 7) is 22.5. The molecule has 0 aliphatic heterocycles. The second-order valence-corrected chi connectivity index (χ2v) is 27.9. The van der Waals surface area contributed by atoms with Crippen LogP contribution in [-0.2, 0) is 13.1 Å². The molecular formula is C87H92Cl2N2. The Morgan fingerprint density at radius 2 is 1.05 bits per heavy atom. The van der Waals surface area contributed by atoms with Crippen molar-refractivity contribution >= 4 is 101 Å². The van der Waals surface area contributed by atoms with Gasteiger partial charge in [0.15, 0.2) is 0 Å². The van der Waals surface area contributed by atoms with E-state index in [1.807, 2.05) is 0 Å². The van der Waals surface area contributed by atoms with Crippen molar-refractivity contribution in [2.75, 3.05) is 0 Å². The normalized spacial score (nSPS) is 20.5. The summed E-state index contributed by atoms with van der Waals surface area (Å²) >= 11 is 14.6. The third-order valence-corrected chi connectivity index (χ3v) is 22.0. The molecule has 0 fully saturated rings. The first-order valence-electron chi connectivity index (χ1n) is 34.8. The first-order chi connectivity index (χ1) is 44.4. The minimum atomic E-state index is 0.426. The van der Waals surface area contributed by atoms with E-state index in [1.54, 1.807) is 11.1 Å².